The Morgan fingerprint density at radius 2 is 1.93 bits per heavy atom. The first kappa shape index (κ1) is 16.9. The lowest BCUT2D eigenvalue weighted by Crippen LogP contribution is -2.47. The van der Waals surface area contributed by atoms with Gasteiger partial charge in [-0.25, -0.2) is 4.98 Å². The Labute approximate surface area is 162 Å². The molecule has 1 saturated heterocycles. The summed E-state index contributed by atoms with van der Waals surface area (Å²) in [5, 5.41) is 8.35. The molecule has 1 aromatic carbocycles. The molecule has 8 heteroatoms. The number of carbonyl (C=O) groups is 1. The van der Waals surface area contributed by atoms with Gasteiger partial charge in [-0.2, -0.15) is 15.0 Å². The Kier molecular flexibility index (Phi) is 4.03. The van der Waals surface area contributed by atoms with Gasteiger partial charge in [0.05, 0.1) is 47.8 Å². The number of benzene rings is 1. The highest BCUT2D eigenvalue weighted by Gasteiger charge is 2.48. The van der Waals surface area contributed by atoms with Crippen LogP contribution in [-0.2, 0) is 0 Å². The van der Waals surface area contributed by atoms with Gasteiger partial charge >= 0.3 is 0 Å². The van der Waals surface area contributed by atoms with Crippen LogP contribution in [-0.4, -0.2) is 54.5 Å². The van der Waals surface area contributed by atoms with Gasteiger partial charge in [0, 0.05) is 6.54 Å². The fourth-order valence-corrected chi connectivity index (χ4v) is 4.25. The molecule has 2 bridgehead atoms. The van der Waals surface area contributed by atoms with Crippen LogP contribution in [0.1, 0.15) is 28.9 Å². The molecule has 28 heavy (non-hydrogen) atoms. The monoisotopic (exact) mass is 376 g/mol. The van der Waals surface area contributed by atoms with Gasteiger partial charge in [-0.05, 0) is 37.8 Å². The summed E-state index contributed by atoms with van der Waals surface area (Å²) in [5.74, 6) is 0.952. The van der Waals surface area contributed by atoms with Crippen molar-refractivity contribution in [1.82, 2.24) is 29.9 Å². The van der Waals surface area contributed by atoms with Crippen LogP contribution >= 0.6 is 0 Å². The Bertz CT molecular complexity index is 988. The number of carbonyl (C=O) groups excluding carboxylic acids is 1. The molecule has 8 nitrogen and oxygen atoms in total. The van der Waals surface area contributed by atoms with E-state index in [2.05, 4.69) is 20.2 Å². The third-order valence-electron chi connectivity index (χ3n) is 5.48. The summed E-state index contributed by atoms with van der Waals surface area (Å²) in [7, 11) is 0. The average molecular weight is 376 g/mol. The van der Waals surface area contributed by atoms with Crippen LogP contribution in [0.3, 0.4) is 0 Å². The molecular formula is C20H20N6O2. The second-order valence-corrected chi connectivity index (χ2v) is 7.35. The van der Waals surface area contributed by atoms with E-state index < -0.39 is 0 Å². The molecular weight excluding hydrogens is 356 g/mol. The van der Waals surface area contributed by atoms with Gasteiger partial charge in [-0.15, -0.1) is 0 Å². The lowest BCUT2D eigenvalue weighted by Gasteiger charge is -2.33. The Hall–Kier alpha value is -3.29. The van der Waals surface area contributed by atoms with Crippen molar-refractivity contribution in [2.75, 3.05) is 6.54 Å². The Balaban J connectivity index is 1.39. The van der Waals surface area contributed by atoms with Crippen molar-refractivity contribution >= 4 is 5.91 Å². The molecule has 0 radical (unpaired) electrons. The van der Waals surface area contributed by atoms with E-state index in [1.54, 1.807) is 24.8 Å². The maximum absolute atomic E-state index is 13.4. The van der Waals surface area contributed by atoms with E-state index in [4.69, 9.17) is 4.74 Å². The Morgan fingerprint density at radius 1 is 1.11 bits per heavy atom. The smallest absolute Gasteiger partial charge is 0.256 e. The van der Waals surface area contributed by atoms with Crippen LogP contribution in [0.5, 0.6) is 5.88 Å². The number of para-hydroxylation sites is 1. The number of rotatable bonds is 4. The molecule has 2 aliphatic rings. The van der Waals surface area contributed by atoms with Gasteiger partial charge < -0.3 is 9.64 Å². The number of fused-ring (bicyclic) bond motifs is 2. The van der Waals surface area contributed by atoms with Crippen LogP contribution in [0.4, 0.5) is 0 Å². The topological polar surface area (TPSA) is 86.0 Å². The van der Waals surface area contributed by atoms with Crippen molar-refractivity contribution in [2.24, 2.45) is 5.92 Å². The zero-order valence-electron chi connectivity index (χ0n) is 15.5. The van der Waals surface area contributed by atoms with Crippen molar-refractivity contribution in [1.29, 1.82) is 0 Å². The van der Waals surface area contributed by atoms with Gasteiger partial charge in [0.25, 0.3) is 5.91 Å². The molecule has 1 aliphatic heterocycles. The normalized spacial score (nSPS) is 23.2. The highest BCUT2D eigenvalue weighted by Crippen LogP contribution is 2.40. The summed E-state index contributed by atoms with van der Waals surface area (Å²) in [5.41, 5.74) is 2.13. The molecule has 2 aromatic heterocycles. The quantitative estimate of drug-likeness (QED) is 0.693. The molecule has 0 spiro atoms. The zero-order chi connectivity index (χ0) is 19.1. The molecule has 2 fully saturated rings. The second-order valence-electron chi connectivity index (χ2n) is 7.35. The fourth-order valence-electron chi connectivity index (χ4n) is 4.25. The minimum Gasteiger partial charge on any atom is -0.471 e. The van der Waals surface area contributed by atoms with E-state index >= 15 is 0 Å². The average Bonchev–Trinajstić information content (AvgIpc) is 3.46. The van der Waals surface area contributed by atoms with E-state index in [0.29, 0.717) is 23.0 Å². The Morgan fingerprint density at radius 3 is 2.68 bits per heavy atom. The number of hydrogen-bond donors (Lipinski definition) is 0. The number of piperidine rings is 1. The van der Waals surface area contributed by atoms with Crippen molar-refractivity contribution in [3.63, 3.8) is 0 Å². The highest BCUT2D eigenvalue weighted by atomic mass is 16.5. The predicted octanol–water partition coefficient (Wildman–Crippen LogP) is 2.05. The lowest BCUT2D eigenvalue weighted by molar-refractivity contribution is 0.0465. The number of hydrogen-bond acceptors (Lipinski definition) is 6. The molecule has 3 heterocycles. The summed E-state index contributed by atoms with van der Waals surface area (Å²) in [6.45, 7) is 2.64. The molecule has 5 rings (SSSR count). The largest absolute Gasteiger partial charge is 0.471 e. The zero-order valence-corrected chi connectivity index (χ0v) is 15.5. The van der Waals surface area contributed by atoms with E-state index in [9.17, 15) is 4.79 Å². The van der Waals surface area contributed by atoms with Gasteiger partial charge in [-0.1, -0.05) is 12.1 Å². The van der Waals surface area contributed by atoms with E-state index in [0.717, 1.165) is 25.1 Å². The van der Waals surface area contributed by atoms with Crippen LogP contribution in [0.25, 0.3) is 5.69 Å². The summed E-state index contributed by atoms with van der Waals surface area (Å²) in [4.78, 5) is 25.3. The first-order valence-corrected chi connectivity index (χ1v) is 9.41. The van der Waals surface area contributed by atoms with Gasteiger partial charge in [0.1, 0.15) is 6.10 Å². The molecule has 3 aromatic rings. The van der Waals surface area contributed by atoms with Crippen molar-refractivity contribution in [3.05, 3.63) is 60.3 Å². The lowest BCUT2D eigenvalue weighted by atomic mass is 10.1. The van der Waals surface area contributed by atoms with Crippen LogP contribution in [0, 0.1) is 12.8 Å². The fraction of sp³-hybridized carbons (Fsp3) is 0.350. The summed E-state index contributed by atoms with van der Waals surface area (Å²) < 4.78 is 6.09. The minimum absolute atomic E-state index is 0.0105. The first-order valence-electron chi connectivity index (χ1n) is 9.41. The molecule has 3 unspecified atom stereocenters. The van der Waals surface area contributed by atoms with Gasteiger partial charge in [0.15, 0.2) is 0 Å². The number of ether oxygens (including phenoxy) is 1. The van der Waals surface area contributed by atoms with Crippen LogP contribution < -0.4 is 4.74 Å². The van der Waals surface area contributed by atoms with Crippen molar-refractivity contribution in [2.45, 2.75) is 31.9 Å². The third-order valence-corrected chi connectivity index (χ3v) is 5.48. The van der Waals surface area contributed by atoms with Gasteiger partial charge in [0.2, 0.25) is 5.88 Å². The minimum atomic E-state index is -0.0605. The molecule has 1 aliphatic carbocycles. The predicted molar refractivity (Wildman–Crippen MR) is 100 cm³/mol. The number of aromatic nitrogens is 5. The standard InChI is InChI=1S/C20H20N6O2/c1-13-10-22-19(11-21-13)28-18-9-14-8-17(18)25(12-14)20(27)15-4-2-3-5-16(15)26-23-6-7-24-26/h2-7,10-11,14,17-18H,8-9,12H2,1H3. The van der Waals surface area contributed by atoms with Gasteiger partial charge in [-0.3, -0.25) is 9.78 Å². The second kappa shape index (κ2) is 6.70. The third kappa shape index (κ3) is 2.90. The van der Waals surface area contributed by atoms with E-state index in [-0.39, 0.29) is 18.1 Å². The van der Waals surface area contributed by atoms with Crippen molar-refractivity contribution < 1.29 is 9.53 Å². The number of amides is 1. The summed E-state index contributed by atoms with van der Waals surface area (Å²) in [6, 6.07) is 7.48. The van der Waals surface area contributed by atoms with Crippen LogP contribution in [0.15, 0.2) is 49.1 Å². The van der Waals surface area contributed by atoms with E-state index in [1.807, 2.05) is 36.1 Å². The number of likely N-dealkylation sites (tertiary alicyclic amines) is 1. The molecule has 1 saturated carbocycles. The maximum Gasteiger partial charge on any atom is 0.256 e. The first-order chi connectivity index (χ1) is 13.7. The highest BCUT2D eigenvalue weighted by molar-refractivity contribution is 5.98. The summed E-state index contributed by atoms with van der Waals surface area (Å²) in [6.07, 6.45) is 8.38. The summed E-state index contributed by atoms with van der Waals surface area (Å²) >= 11 is 0. The number of nitrogens with zero attached hydrogens (tertiary/aromatic N) is 6. The molecule has 142 valence electrons. The van der Waals surface area contributed by atoms with Crippen molar-refractivity contribution in [3.8, 4) is 11.6 Å². The maximum atomic E-state index is 13.4. The molecule has 3 atom stereocenters. The van der Waals surface area contributed by atoms with Crippen LogP contribution in [0.2, 0.25) is 0 Å². The SMILES string of the molecule is Cc1cnc(OC2CC3CC2N(C(=O)c2ccccc2-n2nccn2)C3)cn1. The number of aryl methyl sites for hydroxylation is 1. The molecule has 1 amide bonds. The van der Waals surface area contributed by atoms with E-state index in [1.165, 1.54) is 4.80 Å². The molecule has 0 N–H and O–H groups in total.